The van der Waals surface area contributed by atoms with E-state index in [1.54, 1.807) is 12.1 Å². The Balaban J connectivity index is 1.94. The SMILES string of the molecule is CCCCn1c(N)c(N(Cc2ccccc2)C(=O)CSc2ccc([N+](=O)[O-])cc2)c(=O)[nH]c1=O. The van der Waals surface area contributed by atoms with Crippen LogP contribution in [0.15, 0.2) is 69.1 Å². The first-order chi connectivity index (χ1) is 16.3. The van der Waals surface area contributed by atoms with Gasteiger partial charge in [0, 0.05) is 23.6 Å². The molecule has 1 amide bonds. The summed E-state index contributed by atoms with van der Waals surface area (Å²) in [6.07, 6.45) is 1.50. The van der Waals surface area contributed by atoms with Crippen molar-refractivity contribution in [1.82, 2.24) is 9.55 Å². The number of nitro groups is 1. The number of hydrogen-bond acceptors (Lipinski definition) is 7. The number of nitrogens with two attached hydrogens (primary N) is 1. The van der Waals surface area contributed by atoms with Gasteiger partial charge in [-0.3, -0.25) is 34.2 Å². The van der Waals surface area contributed by atoms with Gasteiger partial charge in [0.1, 0.15) is 5.82 Å². The van der Waals surface area contributed by atoms with Crippen LogP contribution in [0.2, 0.25) is 0 Å². The summed E-state index contributed by atoms with van der Waals surface area (Å²) < 4.78 is 1.27. The molecule has 0 saturated carbocycles. The van der Waals surface area contributed by atoms with Crippen LogP contribution in [0.25, 0.3) is 0 Å². The van der Waals surface area contributed by atoms with Crippen LogP contribution in [0.5, 0.6) is 0 Å². The number of carbonyl (C=O) groups excluding carboxylic acids is 1. The first-order valence-corrected chi connectivity index (χ1v) is 11.6. The van der Waals surface area contributed by atoms with E-state index in [4.69, 9.17) is 5.73 Å². The smallest absolute Gasteiger partial charge is 0.330 e. The number of hydrogen-bond donors (Lipinski definition) is 2. The van der Waals surface area contributed by atoms with Gasteiger partial charge in [-0.25, -0.2) is 4.79 Å². The highest BCUT2D eigenvalue weighted by atomic mass is 32.2. The highest BCUT2D eigenvalue weighted by molar-refractivity contribution is 8.00. The fourth-order valence-electron chi connectivity index (χ4n) is 3.32. The van der Waals surface area contributed by atoms with Crippen molar-refractivity contribution >= 4 is 34.9 Å². The Labute approximate surface area is 199 Å². The summed E-state index contributed by atoms with van der Waals surface area (Å²) in [7, 11) is 0. The molecule has 3 aromatic rings. The van der Waals surface area contributed by atoms with E-state index in [1.165, 1.54) is 33.4 Å². The molecule has 3 rings (SSSR count). The number of non-ortho nitro benzene ring substituents is 1. The van der Waals surface area contributed by atoms with Gasteiger partial charge in [-0.15, -0.1) is 11.8 Å². The van der Waals surface area contributed by atoms with E-state index in [0.717, 1.165) is 12.0 Å². The molecule has 11 heteroatoms. The third-order valence-electron chi connectivity index (χ3n) is 5.11. The summed E-state index contributed by atoms with van der Waals surface area (Å²) in [5.41, 5.74) is 5.55. The van der Waals surface area contributed by atoms with Crippen molar-refractivity contribution < 1.29 is 9.72 Å². The highest BCUT2D eigenvalue weighted by Crippen LogP contribution is 2.25. The highest BCUT2D eigenvalue weighted by Gasteiger charge is 2.24. The number of anilines is 2. The quantitative estimate of drug-likeness (QED) is 0.256. The lowest BCUT2D eigenvalue weighted by Crippen LogP contribution is -2.41. The molecule has 2 aromatic carbocycles. The molecular formula is C23H25N5O5S. The van der Waals surface area contributed by atoms with Crippen molar-refractivity contribution in [2.75, 3.05) is 16.4 Å². The Morgan fingerprint density at radius 1 is 1.15 bits per heavy atom. The van der Waals surface area contributed by atoms with Gasteiger partial charge in [0.15, 0.2) is 5.69 Å². The number of unbranched alkanes of at least 4 members (excludes halogenated alkanes) is 1. The third-order valence-corrected chi connectivity index (χ3v) is 6.11. The van der Waals surface area contributed by atoms with Crippen molar-refractivity contribution in [3.8, 4) is 0 Å². The largest absolute Gasteiger partial charge is 0.383 e. The maximum absolute atomic E-state index is 13.3. The summed E-state index contributed by atoms with van der Waals surface area (Å²) in [5, 5.41) is 10.8. The Kier molecular flexibility index (Phi) is 8.25. The molecule has 0 atom stereocenters. The van der Waals surface area contributed by atoms with E-state index in [-0.39, 0.29) is 29.5 Å². The molecule has 0 aliphatic heterocycles. The number of thioether (sulfide) groups is 1. The number of rotatable bonds is 10. The molecule has 10 nitrogen and oxygen atoms in total. The molecule has 1 aromatic heterocycles. The van der Waals surface area contributed by atoms with Crippen molar-refractivity contribution in [1.29, 1.82) is 0 Å². The normalized spacial score (nSPS) is 10.7. The lowest BCUT2D eigenvalue weighted by molar-refractivity contribution is -0.384. The van der Waals surface area contributed by atoms with Crippen LogP contribution >= 0.6 is 11.8 Å². The summed E-state index contributed by atoms with van der Waals surface area (Å²) in [4.78, 5) is 53.0. The van der Waals surface area contributed by atoms with Gasteiger partial charge in [-0.05, 0) is 24.1 Å². The summed E-state index contributed by atoms with van der Waals surface area (Å²) in [5.74, 6) is -0.505. The number of benzene rings is 2. The van der Waals surface area contributed by atoms with Gasteiger partial charge in [-0.2, -0.15) is 0 Å². The number of nitro benzene ring substituents is 1. The van der Waals surface area contributed by atoms with Gasteiger partial charge in [0.25, 0.3) is 11.2 Å². The first kappa shape index (κ1) is 24.8. The lowest BCUT2D eigenvalue weighted by Gasteiger charge is -2.24. The number of nitrogen functional groups attached to an aromatic ring is 1. The molecule has 34 heavy (non-hydrogen) atoms. The van der Waals surface area contributed by atoms with Gasteiger partial charge in [0.2, 0.25) is 5.91 Å². The molecular weight excluding hydrogens is 458 g/mol. The topological polar surface area (TPSA) is 144 Å². The van der Waals surface area contributed by atoms with Crippen LogP contribution in [0.1, 0.15) is 25.3 Å². The number of aromatic nitrogens is 2. The molecule has 0 aliphatic carbocycles. The van der Waals surface area contributed by atoms with E-state index < -0.39 is 22.1 Å². The minimum atomic E-state index is -0.736. The average Bonchev–Trinajstić information content (AvgIpc) is 2.82. The standard InChI is InChI=1S/C23H25N5O5S/c1-2-3-13-26-21(24)20(22(30)25-23(26)31)27(14-16-7-5-4-6-8-16)19(29)15-34-18-11-9-17(10-12-18)28(32)33/h4-12H,2-3,13-15,24H2,1H3,(H,25,30,31). The van der Waals surface area contributed by atoms with E-state index >= 15 is 0 Å². The second-order valence-corrected chi connectivity index (χ2v) is 8.55. The van der Waals surface area contributed by atoms with E-state index in [2.05, 4.69) is 4.98 Å². The number of aromatic amines is 1. The maximum Gasteiger partial charge on any atom is 0.330 e. The van der Waals surface area contributed by atoms with Crippen molar-refractivity contribution in [2.24, 2.45) is 0 Å². The zero-order chi connectivity index (χ0) is 24.7. The predicted octanol–water partition coefficient (Wildman–Crippen LogP) is 3.15. The van der Waals surface area contributed by atoms with Crippen LogP contribution in [0.4, 0.5) is 17.2 Å². The molecule has 0 saturated heterocycles. The fourth-order valence-corrected chi connectivity index (χ4v) is 4.10. The van der Waals surface area contributed by atoms with Gasteiger partial charge < -0.3 is 5.73 Å². The summed E-state index contributed by atoms with van der Waals surface area (Å²) >= 11 is 1.18. The molecule has 178 valence electrons. The number of H-pyrrole nitrogens is 1. The molecule has 0 radical (unpaired) electrons. The van der Waals surface area contributed by atoms with Crippen LogP contribution in [0.3, 0.4) is 0 Å². The predicted molar refractivity (Wildman–Crippen MR) is 132 cm³/mol. The fraction of sp³-hybridized carbons (Fsp3) is 0.261. The van der Waals surface area contributed by atoms with Crippen molar-refractivity contribution in [3.63, 3.8) is 0 Å². The Bertz CT molecular complexity index is 1270. The second kappa shape index (κ2) is 11.3. The molecule has 3 N–H and O–H groups in total. The second-order valence-electron chi connectivity index (χ2n) is 7.50. The molecule has 0 fully saturated rings. The Morgan fingerprint density at radius 2 is 1.82 bits per heavy atom. The molecule has 1 heterocycles. The number of carbonyl (C=O) groups is 1. The van der Waals surface area contributed by atoms with E-state index in [0.29, 0.717) is 17.9 Å². The molecule has 0 spiro atoms. The minimum absolute atomic E-state index is 0.0440. The monoisotopic (exact) mass is 483 g/mol. The van der Waals surface area contributed by atoms with Crippen LogP contribution in [-0.4, -0.2) is 26.1 Å². The van der Waals surface area contributed by atoms with Gasteiger partial charge >= 0.3 is 5.69 Å². The van der Waals surface area contributed by atoms with E-state index in [1.807, 2.05) is 37.3 Å². The minimum Gasteiger partial charge on any atom is -0.383 e. The van der Waals surface area contributed by atoms with Crippen LogP contribution in [0, 0.1) is 10.1 Å². The number of nitrogens with zero attached hydrogens (tertiary/aromatic N) is 3. The summed E-state index contributed by atoms with van der Waals surface area (Å²) in [6, 6.07) is 15.0. The lowest BCUT2D eigenvalue weighted by atomic mass is 10.2. The summed E-state index contributed by atoms with van der Waals surface area (Å²) in [6.45, 7) is 2.37. The molecule has 0 unspecified atom stereocenters. The average molecular weight is 484 g/mol. The van der Waals surface area contributed by atoms with Gasteiger partial charge in [-0.1, -0.05) is 43.7 Å². The Morgan fingerprint density at radius 3 is 2.44 bits per heavy atom. The molecule has 0 aliphatic rings. The number of amides is 1. The number of nitrogens with one attached hydrogen (secondary N) is 1. The van der Waals surface area contributed by atoms with Crippen molar-refractivity contribution in [3.05, 3.63) is 91.1 Å². The maximum atomic E-state index is 13.3. The molecule has 0 bridgehead atoms. The first-order valence-electron chi connectivity index (χ1n) is 10.7. The van der Waals surface area contributed by atoms with Crippen molar-refractivity contribution in [2.45, 2.75) is 37.8 Å². The van der Waals surface area contributed by atoms with Gasteiger partial charge in [0.05, 0.1) is 17.2 Å². The van der Waals surface area contributed by atoms with E-state index in [9.17, 15) is 24.5 Å². The zero-order valence-corrected chi connectivity index (χ0v) is 19.4. The third kappa shape index (κ3) is 5.93. The zero-order valence-electron chi connectivity index (χ0n) is 18.6. The van der Waals surface area contributed by atoms with Crippen LogP contribution in [-0.2, 0) is 17.9 Å². The Hall–Kier alpha value is -3.86. The van der Waals surface area contributed by atoms with Crippen LogP contribution < -0.4 is 21.9 Å².